The fourth-order valence-corrected chi connectivity index (χ4v) is 1.31. The van der Waals surface area contributed by atoms with E-state index in [1.54, 1.807) is 30.1 Å². The zero-order valence-corrected chi connectivity index (χ0v) is 7.45. The second-order valence-corrected chi connectivity index (χ2v) is 2.90. The van der Waals surface area contributed by atoms with Gasteiger partial charge in [-0.3, -0.25) is 0 Å². The van der Waals surface area contributed by atoms with Crippen LogP contribution in [-0.2, 0) is 0 Å². The molecule has 1 aromatic carbocycles. The maximum Gasteiger partial charge on any atom is 0.281 e. The molecule has 1 N–H and O–H groups in total. The first-order chi connectivity index (χ1) is 6.72. The highest BCUT2D eigenvalue weighted by Gasteiger charge is 2.25. The minimum atomic E-state index is -0.966. The first kappa shape index (κ1) is 8.68. The number of ether oxygens (including phenoxy) is 1. The summed E-state index contributed by atoms with van der Waals surface area (Å²) in [4.78, 5) is 4.23. The van der Waals surface area contributed by atoms with Crippen molar-refractivity contribution in [1.29, 1.82) is 0 Å². The van der Waals surface area contributed by atoms with Crippen LogP contribution in [-0.4, -0.2) is 18.6 Å². The molecule has 6 nitrogen and oxygen atoms in total. The standard InChI is InChI=1S/C8H8N4O2/c1-12-6-4-5(10-11-9)2-3-7(6)14-8(12)13/h2-4,8,13H,1H3. The van der Waals surface area contributed by atoms with Crippen molar-refractivity contribution in [2.75, 3.05) is 11.9 Å². The lowest BCUT2D eigenvalue weighted by Gasteiger charge is -2.13. The molecule has 72 valence electrons. The van der Waals surface area contributed by atoms with Gasteiger partial charge in [0.05, 0.1) is 5.69 Å². The van der Waals surface area contributed by atoms with Crippen molar-refractivity contribution in [3.63, 3.8) is 0 Å². The Morgan fingerprint density at radius 3 is 3.14 bits per heavy atom. The minimum Gasteiger partial charge on any atom is -0.445 e. The van der Waals surface area contributed by atoms with Gasteiger partial charge in [0.25, 0.3) is 6.41 Å². The third-order valence-corrected chi connectivity index (χ3v) is 2.05. The highest BCUT2D eigenvalue weighted by molar-refractivity contribution is 5.66. The van der Waals surface area contributed by atoms with Crippen LogP contribution in [0, 0.1) is 0 Å². The SMILES string of the molecule is CN1c2cc(N=[N+]=[N-])ccc2OC1O. The highest BCUT2D eigenvalue weighted by atomic mass is 16.6. The van der Waals surface area contributed by atoms with Gasteiger partial charge in [0, 0.05) is 17.6 Å². The molecular weight excluding hydrogens is 184 g/mol. The Kier molecular flexibility index (Phi) is 1.92. The Bertz CT molecular complexity index is 414. The van der Waals surface area contributed by atoms with Gasteiger partial charge >= 0.3 is 0 Å². The number of hydrogen-bond acceptors (Lipinski definition) is 4. The van der Waals surface area contributed by atoms with E-state index in [-0.39, 0.29) is 0 Å². The van der Waals surface area contributed by atoms with E-state index in [9.17, 15) is 5.11 Å². The quantitative estimate of drug-likeness (QED) is 0.418. The van der Waals surface area contributed by atoms with Crippen LogP contribution >= 0.6 is 0 Å². The Morgan fingerprint density at radius 2 is 2.43 bits per heavy atom. The molecule has 0 fully saturated rings. The zero-order valence-electron chi connectivity index (χ0n) is 7.45. The Labute approximate surface area is 80.0 Å². The summed E-state index contributed by atoms with van der Waals surface area (Å²) in [7, 11) is 1.69. The summed E-state index contributed by atoms with van der Waals surface area (Å²) >= 11 is 0. The van der Waals surface area contributed by atoms with Crippen molar-refractivity contribution in [3.05, 3.63) is 28.6 Å². The lowest BCUT2D eigenvalue weighted by molar-refractivity contribution is 0.000986. The first-order valence-electron chi connectivity index (χ1n) is 3.99. The lowest BCUT2D eigenvalue weighted by Crippen LogP contribution is -2.29. The van der Waals surface area contributed by atoms with Crippen LogP contribution in [0.3, 0.4) is 0 Å². The molecule has 0 bridgehead atoms. The molecule has 0 aliphatic carbocycles. The number of aliphatic hydroxyl groups is 1. The lowest BCUT2D eigenvalue weighted by atomic mass is 10.2. The number of rotatable bonds is 1. The number of anilines is 1. The average molecular weight is 192 g/mol. The second kappa shape index (κ2) is 3.10. The average Bonchev–Trinajstić information content (AvgIpc) is 2.45. The smallest absolute Gasteiger partial charge is 0.281 e. The van der Waals surface area contributed by atoms with Crippen molar-refractivity contribution in [2.24, 2.45) is 5.11 Å². The summed E-state index contributed by atoms with van der Waals surface area (Å²) in [6.45, 7) is 0. The van der Waals surface area contributed by atoms with Gasteiger partial charge in [0.15, 0.2) is 0 Å². The number of aliphatic hydroxyl groups excluding tert-OH is 1. The van der Waals surface area contributed by atoms with Gasteiger partial charge < -0.3 is 14.7 Å². The highest BCUT2D eigenvalue weighted by Crippen LogP contribution is 2.37. The van der Waals surface area contributed by atoms with Crippen LogP contribution in [0.4, 0.5) is 11.4 Å². The Hall–Kier alpha value is -1.91. The van der Waals surface area contributed by atoms with Crippen molar-refractivity contribution < 1.29 is 9.84 Å². The molecule has 0 amide bonds. The Balaban J connectivity index is 2.45. The second-order valence-electron chi connectivity index (χ2n) is 2.90. The van der Waals surface area contributed by atoms with E-state index in [4.69, 9.17) is 10.3 Å². The molecule has 0 spiro atoms. The van der Waals surface area contributed by atoms with Crippen molar-refractivity contribution in [2.45, 2.75) is 6.41 Å². The molecular formula is C8H8N4O2. The molecule has 0 radical (unpaired) electrons. The topological polar surface area (TPSA) is 81.5 Å². The van der Waals surface area contributed by atoms with Gasteiger partial charge in [0.2, 0.25) is 0 Å². The summed E-state index contributed by atoms with van der Waals surface area (Å²) in [5.41, 5.74) is 9.46. The van der Waals surface area contributed by atoms with Crippen molar-refractivity contribution in [1.82, 2.24) is 0 Å². The third kappa shape index (κ3) is 1.22. The monoisotopic (exact) mass is 192 g/mol. The van der Waals surface area contributed by atoms with Crippen LogP contribution in [0.15, 0.2) is 23.3 Å². The molecule has 1 heterocycles. The number of azide groups is 1. The van der Waals surface area contributed by atoms with E-state index in [0.717, 1.165) is 0 Å². The summed E-state index contributed by atoms with van der Waals surface area (Å²) in [6, 6.07) is 4.95. The maximum atomic E-state index is 9.34. The van der Waals surface area contributed by atoms with Crippen LogP contribution in [0.1, 0.15) is 0 Å². The molecule has 2 rings (SSSR count). The number of nitrogens with zero attached hydrogens (tertiary/aromatic N) is 4. The molecule has 6 heteroatoms. The predicted octanol–water partition coefficient (Wildman–Crippen LogP) is 1.73. The summed E-state index contributed by atoms with van der Waals surface area (Å²) < 4.78 is 5.10. The van der Waals surface area contributed by atoms with Gasteiger partial charge in [-0.05, 0) is 23.7 Å². The van der Waals surface area contributed by atoms with Crippen LogP contribution in [0.2, 0.25) is 0 Å². The molecule has 0 saturated heterocycles. The first-order valence-corrected chi connectivity index (χ1v) is 3.99. The molecule has 0 saturated carbocycles. The molecule has 0 aromatic heterocycles. The maximum absolute atomic E-state index is 9.34. The number of hydrogen-bond donors (Lipinski definition) is 1. The van der Waals surface area contributed by atoms with Gasteiger partial charge in [0.1, 0.15) is 5.75 Å². The zero-order chi connectivity index (χ0) is 10.1. The van der Waals surface area contributed by atoms with Gasteiger partial charge in [-0.2, -0.15) is 0 Å². The number of fused-ring (bicyclic) bond motifs is 1. The largest absolute Gasteiger partial charge is 0.445 e. The molecule has 1 aromatic rings. The molecule has 1 atom stereocenters. The van der Waals surface area contributed by atoms with Crippen LogP contribution < -0.4 is 9.64 Å². The van der Waals surface area contributed by atoms with E-state index in [1.807, 2.05) is 0 Å². The van der Waals surface area contributed by atoms with E-state index in [2.05, 4.69) is 10.0 Å². The summed E-state index contributed by atoms with van der Waals surface area (Å²) in [5.74, 6) is 0.580. The van der Waals surface area contributed by atoms with Crippen LogP contribution in [0.5, 0.6) is 5.75 Å². The fraction of sp³-hybridized carbons (Fsp3) is 0.250. The molecule has 1 unspecified atom stereocenters. The fourth-order valence-electron chi connectivity index (χ4n) is 1.31. The third-order valence-electron chi connectivity index (χ3n) is 2.05. The van der Waals surface area contributed by atoms with E-state index in [1.165, 1.54) is 0 Å². The molecule has 1 aliphatic heterocycles. The Morgan fingerprint density at radius 1 is 1.64 bits per heavy atom. The summed E-state index contributed by atoms with van der Waals surface area (Å²) in [5, 5.41) is 12.8. The predicted molar refractivity (Wildman–Crippen MR) is 50.3 cm³/mol. The number of benzene rings is 1. The van der Waals surface area contributed by atoms with Gasteiger partial charge in [-0.1, -0.05) is 5.11 Å². The van der Waals surface area contributed by atoms with E-state index >= 15 is 0 Å². The summed E-state index contributed by atoms with van der Waals surface area (Å²) in [6.07, 6.45) is -0.966. The van der Waals surface area contributed by atoms with Gasteiger partial charge in [-0.15, -0.1) is 0 Å². The molecule has 14 heavy (non-hydrogen) atoms. The van der Waals surface area contributed by atoms with Gasteiger partial charge in [-0.25, -0.2) is 0 Å². The normalized spacial score (nSPS) is 18.4. The van der Waals surface area contributed by atoms with Crippen LogP contribution in [0.25, 0.3) is 10.4 Å². The van der Waals surface area contributed by atoms with Crippen molar-refractivity contribution in [3.8, 4) is 5.75 Å². The van der Waals surface area contributed by atoms with E-state index < -0.39 is 6.41 Å². The van der Waals surface area contributed by atoms with Crippen molar-refractivity contribution >= 4 is 11.4 Å². The molecule has 1 aliphatic rings. The minimum absolute atomic E-state index is 0.496. The van der Waals surface area contributed by atoms with E-state index in [0.29, 0.717) is 17.1 Å².